The molecule has 1 aromatic carbocycles. The highest BCUT2D eigenvalue weighted by molar-refractivity contribution is 14.1. The van der Waals surface area contributed by atoms with Crippen LogP contribution in [-0.2, 0) is 10.9 Å². The second kappa shape index (κ2) is 5.33. The molecule has 0 saturated heterocycles. The molecule has 3 nitrogen and oxygen atoms in total. The van der Waals surface area contributed by atoms with Gasteiger partial charge < -0.3 is 9.84 Å². The van der Waals surface area contributed by atoms with E-state index in [0.29, 0.717) is 0 Å². The van der Waals surface area contributed by atoms with Crippen LogP contribution in [0.5, 0.6) is 5.75 Å². The first kappa shape index (κ1) is 15.1. The second-order valence-corrected chi connectivity index (χ2v) is 4.57. The van der Waals surface area contributed by atoms with Crippen LogP contribution in [0.2, 0.25) is 0 Å². The molecule has 1 aromatic rings. The zero-order chi connectivity index (χ0) is 14.1. The van der Waals surface area contributed by atoms with Crippen LogP contribution < -0.4 is 0 Å². The van der Waals surface area contributed by atoms with Crippen molar-refractivity contribution in [1.82, 2.24) is 0 Å². The highest BCUT2D eigenvalue weighted by atomic mass is 127. The van der Waals surface area contributed by atoms with Crippen molar-refractivity contribution in [2.75, 3.05) is 6.61 Å². The van der Waals surface area contributed by atoms with Crippen molar-refractivity contribution in [2.24, 2.45) is 0 Å². The Morgan fingerprint density at radius 3 is 2.50 bits per heavy atom. The Hall–Kier alpha value is -0.990. The largest absolute Gasteiger partial charge is 0.507 e. The van der Waals surface area contributed by atoms with E-state index in [1.54, 1.807) is 0 Å². The van der Waals surface area contributed by atoms with Crippen LogP contribution >= 0.6 is 22.6 Å². The Morgan fingerprint density at radius 1 is 1.50 bits per heavy atom. The number of carbonyl (C=O) groups is 1. The number of alkyl halides is 3. The SMILES string of the molecule is CCOC(=O)c1c(C)cc(O)c(I)c1C(F)(F)F. The van der Waals surface area contributed by atoms with E-state index in [4.69, 9.17) is 0 Å². The van der Waals surface area contributed by atoms with E-state index >= 15 is 0 Å². The first-order chi connectivity index (χ1) is 8.20. The summed E-state index contributed by atoms with van der Waals surface area (Å²) in [6.07, 6.45) is -4.73. The second-order valence-electron chi connectivity index (χ2n) is 3.49. The summed E-state index contributed by atoms with van der Waals surface area (Å²) in [7, 11) is 0. The summed E-state index contributed by atoms with van der Waals surface area (Å²) in [5.41, 5.74) is -1.68. The number of aryl methyl sites for hydroxylation is 1. The number of benzene rings is 1. The molecule has 0 fully saturated rings. The number of phenolic OH excluding ortho intramolecular Hbond substituents is 1. The number of aromatic hydroxyl groups is 1. The van der Waals surface area contributed by atoms with Crippen molar-refractivity contribution in [3.63, 3.8) is 0 Å². The molecular weight excluding hydrogens is 364 g/mol. The molecule has 0 aliphatic rings. The quantitative estimate of drug-likeness (QED) is 0.637. The van der Waals surface area contributed by atoms with Gasteiger partial charge in [0, 0.05) is 0 Å². The molecule has 0 aromatic heterocycles. The van der Waals surface area contributed by atoms with Gasteiger partial charge in [-0.05, 0) is 48.1 Å². The highest BCUT2D eigenvalue weighted by Crippen LogP contribution is 2.40. The van der Waals surface area contributed by atoms with E-state index < -0.39 is 32.6 Å². The lowest BCUT2D eigenvalue weighted by Crippen LogP contribution is -2.18. The van der Waals surface area contributed by atoms with E-state index in [0.717, 1.165) is 6.07 Å². The molecule has 1 rings (SSSR count). The van der Waals surface area contributed by atoms with Crippen molar-refractivity contribution < 1.29 is 27.8 Å². The van der Waals surface area contributed by atoms with Gasteiger partial charge in [0.1, 0.15) is 5.75 Å². The minimum Gasteiger partial charge on any atom is -0.507 e. The Balaban J connectivity index is 3.58. The third-order valence-corrected chi connectivity index (χ3v) is 3.30. The van der Waals surface area contributed by atoms with Gasteiger partial charge in [-0.1, -0.05) is 0 Å². The van der Waals surface area contributed by atoms with E-state index in [1.165, 1.54) is 36.4 Å². The Bertz CT molecular complexity index is 483. The molecular formula is C11H10F3IO3. The van der Waals surface area contributed by atoms with Gasteiger partial charge in [0.05, 0.1) is 21.3 Å². The summed E-state index contributed by atoms with van der Waals surface area (Å²) < 4.78 is 43.0. The minimum absolute atomic E-state index is 0.0208. The van der Waals surface area contributed by atoms with Crippen molar-refractivity contribution in [3.05, 3.63) is 26.3 Å². The van der Waals surface area contributed by atoms with Gasteiger partial charge in [-0.2, -0.15) is 13.2 Å². The third kappa shape index (κ3) is 2.88. The molecule has 0 saturated carbocycles. The molecule has 0 atom stereocenters. The number of rotatable bonds is 2. The smallest absolute Gasteiger partial charge is 0.418 e. The molecule has 0 unspecified atom stereocenters. The van der Waals surface area contributed by atoms with Crippen molar-refractivity contribution in [1.29, 1.82) is 0 Å². The highest BCUT2D eigenvalue weighted by Gasteiger charge is 2.40. The molecule has 0 aliphatic heterocycles. The normalized spacial score (nSPS) is 11.4. The van der Waals surface area contributed by atoms with E-state index in [-0.39, 0.29) is 12.2 Å². The third-order valence-electron chi connectivity index (χ3n) is 2.20. The van der Waals surface area contributed by atoms with Crippen LogP contribution in [0.25, 0.3) is 0 Å². The van der Waals surface area contributed by atoms with Crippen LogP contribution in [0.15, 0.2) is 6.07 Å². The lowest BCUT2D eigenvalue weighted by Gasteiger charge is -2.17. The molecule has 0 heterocycles. The topological polar surface area (TPSA) is 46.5 Å². The average molecular weight is 374 g/mol. The first-order valence-electron chi connectivity index (χ1n) is 4.96. The molecule has 0 aliphatic carbocycles. The zero-order valence-corrected chi connectivity index (χ0v) is 11.7. The number of carbonyl (C=O) groups excluding carboxylic acids is 1. The van der Waals surface area contributed by atoms with Crippen LogP contribution in [0.4, 0.5) is 13.2 Å². The van der Waals surface area contributed by atoms with Gasteiger partial charge in [-0.15, -0.1) is 0 Å². The number of phenols is 1. The maximum Gasteiger partial charge on any atom is 0.418 e. The predicted molar refractivity (Wildman–Crippen MR) is 66.5 cm³/mol. The number of hydrogen-bond donors (Lipinski definition) is 1. The molecule has 7 heteroatoms. The number of esters is 1. The van der Waals surface area contributed by atoms with Crippen molar-refractivity contribution >= 4 is 28.6 Å². The Labute approximate surface area is 115 Å². The monoisotopic (exact) mass is 374 g/mol. The molecule has 1 N–H and O–H groups in total. The first-order valence-corrected chi connectivity index (χ1v) is 6.04. The molecule has 0 amide bonds. The minimum atomic E-state index is -4.73. The van der Waals surface area contributed by atoms with Crippen molar-refractivity contribution in [3.8, 4) is 5.75 Å². The summed E-state index contributed by atoms with van der Waals surface area (Å²) in [6, 6.07) is 1.11. The molecule has 100 valence electrons. The van der Waals surface area contributed by atoms with E-state index in [2.05, 4.69) is 4.74 Å². The fourth-order valence-electron chi connectivity index (χ4n) is 1.51. The summed E-state index contributed by atoms with van der Waals surface area (Å²) in [6.45, 7) is 2.80. The van der Waals surface area contributed by atoms with Crippen LogP contribution in [0.3, 0.4) is 0 Å². The maximum atomic E-state index is 12.9. The predicted octanol–water partition coefficient (Wildman–Crippen LogP) is 3.50. The Morgan fingerprint density at radius 2 is 2.06 bits per heavy atom. The summed E-state index contributed by atoms with van der Waals surface area (Å²) in [4.78, 5) is 11.6. The van der Waals surface area contributed by atoms with Gasteiger partial charge in [-0.3, -0.25) is 0 Å². The van der Waals surface area contributed by atoms with E-state index in [1.807, 2.05) is 0 Å². The van der Waals surface area contributed by atoms with Gasteiger partial charge in [0.25, 0.3) is 0 Å². The van der Waals surface area contributed by atoms with Crippen LogP contribution in [0.1, 0.15) is 28.4 Å². The van der Waals surface area contributed by atoms with Gasteiger partial charge in [0.15, 0.2) is 0 Å². The number of halogens is 4. The van der Waals surface area contributed by atoms with E-state index in [9.17, 15) is 23.1 Å². The fraction of sp³-hybridized carbons (Fsp3) is 0.364. The maximum absolute atomic E-state index is 12.9. The van der Waals surface area contributed by atoms with Gasteiger partial charge in [0.2, 0.25) is 0 Å². The molecule has 18 heavy (non-hydrogen) atoms. The lowest BCUT2D eigenvalue weighted by molar-refractivity contribution is -0.139. The van der Waals surface area contributed by atoms with Gasteiger partial charge in [-0.25, -0.2) is 4.79 Å². The number of ether oxygens (including phenoxy) is 1. The van der Waals surface area contributed by atoms with Crippen LogP contribution in [-0.4, -0.2) is 17.7 Å². The van der Waals surface area contributed by atoms with Crippen LogP contribution in [0, 0.1) is 10.5 Å². The van der Waals surface area contributed by atoms with Gasteiger partial charge >= 0.3 is 12.1 Å². The summed E-state index contributed by atoms with van der Waals surface area (Å²) in [5.74, 6) is -1.55. The molecule has 0 bridgehead atoms. The fourth-order valence-corrected chi connectivity index (χ4v) is 2.24. The molecule has 0 radical (unpaired) electrons. The zero-order valence-electron chi connectivity index (χ0n) is 9.56. The standard InChI is InChI=1S/C11H10F3IO3/c1-3-18-10(17)7-5(2)4-6(16)9(15)8(7)11(12,13)14/h4,16H,3H2,1-2H3. The van der Waals surface area contributed by atoms with Crippen molar-refractivity contribution in [2.45, 2.75) is 20.0 Å². The Kier molecular flexibility index (Phi) is 4.46. The lowest BCUT2D eigenvalue weighted by atomic mass is 10.0. The number of hydrogen-bond acceptors (Lipinski definition) is 3. The summed E-state index contributed by atoms with van der Waals surface area (Å²) >= 11 is 1.36. The molecule has 0 spiro atoms. The average Bonchev–Trinajstić information content (AvgIpc) is 2.21. The summed E-state index contributed by atoms with van der Waals surface area (Å²) in [5, 5.41) is 9.42.